The van der Waals surface area contributed by atoms with Gasteiger partial charge in [-0.15, -0.1) is 0 Å². The Morgan fingerprint density at radius 2 is 1.69 bits per heavy atom. The van der Waals surface area contributed by atoms with Crippen LogP contribution in [0.25, 0.3) is 11.3 Å². The van der Waals surface area contributed by atoms with E-state index in [1.54, 1.807) is 59.3 Å². The lowest BCUT2D eigenvalue weighted by Gasteiger charge is -2.21. The summed E-state index contributed by atoms with van der Waals surface area (Å²) >= 11 is 0. The number of hydrogen-bond donors (Lipinski definition) is 0. The van der Waals surface area contributed by atoms with Crippen molar-refractivity contribution in [2.45, 2.75) is 13.1 Å². The molecule has 5 rings (SSSR count). The molecule has 35 heavy (non-hydrogen) atoms. The number of rotatable bonds is 8. The lowest BCUT2D eigenvalue weighted by molar-refractivity contribution is 0.0684. The minimum Gasteiger partial charge on any atom is -0.467 e. The molecule has 0 aliphatic rings. The molecule has 7 nitrogen and oxygen atoms in total. The monoisotopic (exact) mass is 471 g/mol. The number of amides is 1. The third-order valence-corrected chi connectivity index (χ3v) is 5.46. The summed E-state index contributed by atoms with van der Waals surface area (Å²) in [5, 5.41) is 4.70. The Balaban J connectivity index is 1.57. The van der Waals surface area contributed by atoms with Crippen LogP contribution in [0.5, 0.6) is 11.6 Å². The summed E-state index contributed by atoms with van der Waals surface area (Å²) in [4.78, 5) is 15.0. The molecule has 0 aliphatic carbocycles. The summed E-state index contributed by atoms with van der Waals surface area (Å²) in [6, 6.07) is 22.3. The van der Waals surface area contributed by atoms with Gasteiger partial charge in [0, 0.05) is 12.6 Å². The van der Waals surface area contributed by atoms with Gasteiger partial charge in [0.25, 0.3) is 5.91 Å². The van der Waals surface area contributed by atoms with Crippen LogP contribution < -0.4 is 4.74 Å². The van der Waals surface area contributed by atoms with E-state index in [0.29, 0.717) is 28.6 Å². The molecule has 176 valence electrons. The molecule has 8 heteroatoms. The Morgan fingerprint density at radius 3 is 2.37 bits per heavy atom. The predicted octanol–water partition coefficient (Wildman–Crippen LogP) is 6.05. The molecular weight excluding hydrogens is 449 g/mol. The van der Waals surface area contributed by atoms with Gasteiger partial charge < -0.3 is 18.5 Å². The molecule has 0 unspecified atom stereocenters. The lowest BCUT2D eigenvalue weighted by atomic mass is 10.1. The summed E-state index contributed by atoms with van der Waals surface area (Å²) in [6.07, 6.45) is 3.02. The molecule has 5 aromatic rings. The maximum absolute atomic E-state index is 13.5. The maximum atomic E-state index is 13.5. The molecule has 0 bridgehead atoms. The third kappa shape index (κ3) is 4.86. The van der Waals surface area contributed by atoms with Crippen molar-refractivity contribution in [3.63, 3.8) is 0 Å². The Kier molecular flexibility index (Phi) is 6.17. The standard InChI is InChI=1S/C27H22FN3O4/c1-30-27(35-21-13-11-20(28)12-14-21)23(25(29-30)19-7-3-2-4-8-19)18-31(17-22-9-5-15-33-22)26(32)24-10-6-16-34-24/h2-16H,17-18H2,1H3. The summed E-state index contributed by atoms with van der Waals surface area (Å²) in [5.74, 6) is 1.05. The second-order valence-electron chi connectivity index (χ2n) is 7.90. The largest absolute Gasteiger partial charge is 0.467 e. The average molecular weight is 471 g/mol. The van der Waals surface area contributed by atoms with Gasteiger partial charge in [-0.1, -0.05) is 30.3 Å². The zero-order chi connectivity index (χ0) is 24.2. The first-order valence-corrected chi connectivity index (χ1v) is 11.0. The Labute approximate surface area is 201 Å². The van der Waals surface area contributed by atoms with Crippen LogP contribution in [0, 0.1) is 5.82 Å². The number of aromatic nitrogens is 2. The highest BCUT2D eigenvalue weighted by atomic mass is 19.1. The van der Waals surface area contributed by atoms with E-state index in [1.165, 1.54) is 18.4 Å². The number of furan rings is 2. The number of carbonyl (C=O) groups is 1. The van der Waals surface area contributed by atoms with E-state index in [1.807, 2.05) is 30.3 Å². The Hall–Kier alpha value is -4.59. The number of nitrogens with zero attached hydrogens (tertiary/aromatic N) is 3. The summed E-state index contributed by atoms with van der Waals surface area (Å²) in [7, 11) is 1.76. The zero-order valence-corrected chi connectivity index (χ0v) is 18.9. The van der Waals surface area contributed by atoms with Crippen molar-refractivity contribution in [3.05, 3.63) is 114 Å². The number of benzene rings is 2. The first kappa shape index (κ1) is 22.2. The summed E-state index contributed by atoms with van der Waals surface area (Å²) < 4.78 is 32.1. The third-order valence-electron chi connectivity index (χ3n) is 5.46. The molecule has 0 fully saturated rings. The van der Waals surface area contributed by atoms with E-state index in [0.717, 1.165) is 5.56 Å². The fourth-order valence-corrected chi connectivity index (χ4v) is 3.80. The number of halogens is 1. The smallest absolute Gasteiger partial charge is 0.290 e. The van der Waals surface area contributed by atoms with Crippen molar-refractivity contribution >= 4 is 5.91 Å². The van der Waals surface area contributed by atoms with Gasteiger partial charge in [-0.05, 0) is 48.5 Å². The van der Waals surface area contributed by atoms with E-state index in [-0.39, 0.29) is 30.6 Å². The molecule has 0 saturated carbocycles. The number of ether oxygens (including phenoxy) is 1. The molecule has 1 amide bonds. The van der Waals surface area contributed by atoms with Gasteiger partial charge in [-0.25, -0.2) is 9.07 Å². The normalized spacial score (nSPS) is 10.9. The van der Waals surface area contributed by atoms with E-state index in [2.05, 4.69) is 0 Å². The van der Waals surface area contributed by atoms with Crippen molar-refractivity contribution in [1.29, 1.82) is 0 Å². The molecule has 0 N–H and O–H groups in total. The molecular formula is C27H22FN3O4. The van der Waals surface area contributed by atoms with E-state index in [9.17, 15) is 9.18 Å². The first-order chi connectivity index (χ1) is 17.1. The van der Waals surface area contributed by atoms with Crippen LogP contribution in [-0.4, -0.2) is 20.6 Å². The maximum Gasteiger partial charge on any atom is 0.290 e. The average Bonchev–Trinajstić information content (AvgIpc) is 3.64. The SMILES string of the molecule is Cn1nc(-c2ccccc2)c(CN(Cc2ccco2)C(=O)c2ccco2)c1Oc1ccc(F)cc1. The van der Waals surface area contributed by atoms with Crippen LogP contribution in [0.4, 0.5) is 4.39 Å². The topological polar surface area (TPSA) is 73.6 Å². The second kappa shape index (κ2) is 9.72. The molecule has 2 aromatic carbocycles. The minimum atomic E-state index is -0.360. The molecule has 0 saturated heterocycles. The highest BCUT2D eigenvalue weighted by molar-refractivity contribution is 5.91. The zero-order valence-electron chi connectivity index (χ0n) is 18.9. The quantitative estimate of drug-likeness (QED) is 0.276. The van der Waals surface area contributed by atoms with E-state index in [4.69, 9.17) is 18.7 Å². The molecule has 0 spiro atoms. The van der Waals surface area contributed by atoms with Crippen molar-refractivity contribution in [1.82, 2.24) is 14.7 Å². The molecule has 0 aliphatic heterocycles. The molecule has 0 atom stereocenters. The van der Waals surface area contributed by atoms with E-state index >= 15 is 0 Å². The molecule has 3 heterocycles. The Bertz CT molecular complexity index is 1390. The first-order valence-electron chi connectivity index (χ1n) is 11.0. The Morgan fingerprint density at radius 1 is 0.943 bits per heavy atom. The van der Waals surface area contributed by atoms with Gasteiger partial charge >= 0.3 is 0 Å². The highest BCUT2D eigenvalue weighted by Crippen LogP contribution is 2.35. The van der Waals surface area contributed by atoms with E-state index < -0.39 is 0 Å². The van der Waals surface area contributed by atoms with Gasteiger partial charge in [0.2, 0.25) is 5.88 Å². The predicted molar refractivity (Wildman–Crippen MR) is 126 cm³/mol. The number of aryl methyl sites for hydroxylation is 1. The van der Waals surface area contributed by atoms with Crippen LogP contribution in [0.2, 0.25) is 0 Å². The van der Waals surface area contributed by atoms with Crippen LogP contribution in [-0.2, 0) is 20.1 Å². The van der Waals surface area contributed by atoms with Crippen molar-refractivity contribution in [2.24, 2.45) is 7.05 Å². The van der Waals surface area contributed by atoms with Crippen LogP contribution in [0.3, 0.4) is 0 Å². The second-order valence-corrected chi connectivity index (χ2v) is 7.90. The highest BCUT2D eigenvalue weighted by Gasteiger charge is 2.27. The molecule has 3 aromatic heterocycles. The van der Waals surface area contributed by atoms with Gasteiger partial charge in [0.15, 0.2) is 5.76 Å². The minimum absolute atomic E-state index is 0.162. The van der Waals surface area contributed by atoms with Crippen LogP contribution >= 0.6 is 0 Å². The summed E-state index contributed by atoms with van der Waals surface area (Å²) in [5.41, 5.74) is 2.23. The fraction of sp³-hybridized carbons (Fsp3) is 0.111. The van der Waals surface area contributed by atoms with Crippen LogP contribution in [0.15, 0.2) is 100 Å². The van der Waals surface area contributed by atoms with Gasteiger partial charge in [-0.2, -0.15) is 5.10 Å². The van der Waals surface area contributed by atoms with Gasteiger partial charge in [0.1, 0.15) is 23.0 Å². The lowest BCUT2D eigenvalue weighted by Crippen LogP contribution is -2.30. The summed E-state index contributed by atoms with van der Waals surface area (Å²) in [6.45, 7) is 0.375. The molecule has 0 radical (unpaired) electrons. The van der Waals surface area contributed by atoms with Gasteiger partial charge in [-0.3, -0.25) is 4.79 Å². The van der Waals surface area contributed by atoms with Crippen molar-refractivity contribution in [3.8, 4) is 22.9 Å². The number of carbonyl (C=O) groups excluding carboxylic acids is 1. The fourth-order valence-electron chi connectivity index (χ4n) is 3.80. The number of hydrogen-bond acceptors (Lipinski definition) is 5. The van der Waals surface area contributed by atoms with Crippen molar-refractivity contribution < 1.29 is 22.8 Å². The van der Waals surface area contributed by atoms with Gasteiger partial charge in [0.05, 0.1) is 31.2 Å². The van der Waals surface area contributed by atoms with Crippen molar-refractivity contribution in [2.75, 3.05) is 0 Å². The van der Waals surface area contributed by atoms with Crippen LogP contribution in [0.1, 0.15) is 21.9 Å².